The van der Waals surface area contributed by atoms with Gasteiger partial charge in [-0.25, -0.2) is 13.2 Å². The van der Waals surface area contributed by atoms with Gasteiger partial charge in [0.15, 0.2) is 0 Å². The van der Waals surface area contributed by atoms with E-state index in [9.17, 15) is 26.4 Å². The highest BCUT2D eigenvalue weighted by atomic mass is 79.9. The number of aryl methyl sites for hydroxylation is 1. The fraction of sp³-hybridized carbons (Fsp3) is 0.391. The number of carbonyl (C=O) groups is 2. The number of benzene rings is 2. The van der Waals surface area contributed by atoms with E-state index in [2.05, 4.69) is 21.2 Å². The topological polar surface area (TPSA) is 107 Å². The van der Waals surface area contributed by atoms with Crippen LogP contribution < -0.4 is 5.32 Å². The quantitative estimate of drug-likeness (QED) is 0.487. The molecule has 0 aliphatic carbocycles. The van der Waals surface area contributed by atoms with E-state index >= 15 is 0 Å². The fourth-order valence-corrected chi connectivity index (χ4v) is 5.00. The smallest absolute Gasteiger partial charge is 0.475 e. The fourth-order valence-electron chi connectivity index (χ4n) is 3.31. The molecule has 2 aromatic carbocycles. The molecule has 2 aromatic rings. The monoisotopic (exact) mass is 593 g/mol. The minimum absolute atomic E-state index is 0.132. The zero-order valence-electron chi connectivity index (χ0n) is 19.2. The van der Waals surface area contributed by atoms with E-state index in [0.29, 0.717) is 26.1 Å². The third kappa shape index (κ3) is 9.52. The normalized spacial score (nSPS) is 14.2. The number of hydrogen-bond acceptors (Lipinski definition) is 5. The molecule has 1 amide bonds. The van der Waals surface area contributed by atoms with Crippen LogP contribution in [0.5, 0.6) is 0 Å². The Kier molecular flexibility index (Phi) is 11.3. The number of carboxylic acids is 1. The van der Waals surface area contributed by atoms with E-state index in [-0.39, 0.29) is 17.3 Å². The number of hydrogen-bond donors (Lipinski definition) is 2. The van der Waals surface area contributed by atoms with Crippen molar-refractivity contribution in [2.75, 3.05) is 39.3 Å². The minimum atomic E-state index is -5.08. The zero-order chi connectivity index (χ0) is 26.8. The number of halogens is 4. The van der Waals surface area contributed by atoms with Crippen LogP contribution in [0.3, 0.4) is 0 Å². The van der Waals surface area contributed by atoms with E-state index in [4.69, 9.17) is 9.90 Å². The average Bonchev–Trinajstić information content (AvgIpc) is 2.84. The van der Waals surface area contributed by atoms with Gasteiger partial charge in [0.1, 0.15) is 0 Å². The van der Waals surface area contributed by atoms with E-state index < -0.39 is 22.2 Å². The Morgan fingerprint density at radius 2 is 1.58 bits per heavy atom. The first-order valence-electron chi connectivity index (χ1n) is 11.0. The van der Waals surface area contributed by atoms with Gasteiger partial charge < -0.3 is 15.3 Å². The largest absolute Gasteiger partial charge is 0.490 e. The highest BCUT2D eigenvalue weighted by Crippen LogP contribution is 2.20. The number of alkyl halides is 3. The van der Waals surface area contributed by atoms with Crippen molar-refractivity contribution < 1.29 is 36.3 Å². The van der Waals surface area contributed by atoms with Gasteiger partial charge in [0.2, 0.25) is 15.9 Å². The Labute approximate surface area is 216 Å². The highest BCUT2D eigenvalue weighted by molar-refractivity contribution is 9.10. The number of amides is 1. The zero-order valence-corrected chi connectivity index (χ0v) is 21.7. The van der Waals surface area contributed by atoms with Gasteiger partial charge in [-0.1, -0.05) is 46.3 Å². The predicted molar refractivity (Wildman–Crippen MR) is 131 cm³/mol. The van der Waals surface area contributed by atoms with E-state index in [0.717, 1.165) is 29.5 Å². The molecule has 1 fully saturated rings. The Balaban J connectivity index is 0.000000572. The van der Waals surface area contributed by atoms with Crippen molar-refractivity contribution in [2.45, 2.75) is 23.9 Å². The van der Waals surface area contributed by atoms with Gasteiger partial charge in [0.05, 0.1) is 11.4 Å². The number of piperazine rings is 1. The van der Waals surface area contributed by atoms with Crippen molar-refractivity contribution in [3.05, 3.63) is 64.6 Å². The molecule has 36 heavy (non-hydrogen) atoms. The molecule has 0 spiro atoms. The summed E-state index contributed by atoms with van der Waals surface area (Å²) in [6.07, 6.45) is -3.68. The molecule has 1 aliphatic rings. The standard InChI is InChI=1S/C21H26BrN3O3S.C2HF3O2/c22-19-8-10-20(11-9-19)29(27,28)25(14-4-7-18-5-2-1-3-6-18)17-21(26)24-15-12-23-13-16-24;3-2(4,5)1(6)7/h1-3,5-6,8-11,23H,4,7,12-17H2;(H,6,7). The maximum Gasteiger partial charge on any atom is 0.490 e. The molecule has 13 heteroatoms. The highest BCUT2D eigenvalue weighted by Gasteiger charge is 2.38. The van der Waals surface area contributed by atoms with Crippen LogP contribution in [0.4, 0.5) is 13.2 Å². The lowest BCUT2D eigenvalue weighted by Gasteiger charge is -2.30. The van der Waals surface area contributed by atoms with E-state index in [1.807, 2.05) is 30.3 Å². The number of nitrogens with zero attached hydrogens (tertiary/aromatic N) is 2. The van der Waals surface area contributed by atoms with Crippen molar-refractivity contribution >= 4 is 37.8 Å². The van der Waals surface area contributed by atoms with Crippen LogP contribution in [0.15, 0.2) is 64.0 Å². The lowest BCUT2D eigenvalue weighted by molar-refractivity contribution is -0.192. The summed E-state index contributed by atoms with van der Waals surface area (Å²) in [5.74, 6) is -2.90. The second-order valence-electron chi connectivity index (χ2n) is 7.82. The van der Waals surface area contributed by atoms with Gasteiger partial charge in [-0.2, -0.15) is 17.5 Å². The maximum atomic E-state index is 13.2. The first kappa shape index (κ1) is 29.7. The molecule has 0 unspecified atom stereocenters. The summed E-state index contributed by atoms with van der Waals surface area (Å²) in [5.41, 5.74) is 1.15. The first-order valence-corrected chi connectivity index (χ1v) is 13.2. The van der Waals surface area contributed by atoms with Gasteiger partial charge in [-0.15, -0.1) is 0 Å². The summed E-state index contributed by atoms with van der Waals surface area (Å²) >= 11 is 3.33. The number of nitrogens with one attached hydrogen (secondary N) is 1. The minimum Gasteiger partial charge on any atom is -0.475 e. The number of sulfonamides is 1. The number of rotatable bonds is 8. The number of carboxylic acid groups (broad SMARTS) is 1. The molecule has 1 aliphatic heterocycles. The number of carbonyl (C=O) groups excluding carboxylic acids is 1. The van der Waals surface area contributed by atoms with Crippen molar-refractivity contribution in [1.82, 2.24) is 14.5 Å². The summed E-state index contributed by atoms with van der Waals surface area (Å²) in [7, 11) is -3.76. The maximum absolute atomic E-state index is 13.2. The van der Waals surface area contributed by atoms with Crippen LogP contribution >= 0.6 is 15.9 Å². The van der Waals surface area contributed by atoms with Gasteiger partial charge in [-0.05, 0) is 42.7 Å². The molecule has 0 bridgehead atoms. The van der Waals surface area contributed by atoms with Gasteiger partial charge in [0.25, 0.3) is 0 Å². The van der Waals surface area contributed by atoms with Crippen molar-refractivity contribution in [3.63, 3.8) is 0 Å². The second-order valence-corrected chi connectivity index (χ2v) is 10.7. The van der Waals surface area contributed by atoms with Crippen LogP contribution in [-0.2, 0) is 26.0 Å². The molecule has 0 radical (unpaired) electrons. The summed E-state index contributed by atoms with van der Waals surface area (Å²) in [6.45, 7) is 2.85. The Morgan fingerprint density at radius 1 is 1.03 bits per heavy atom. The summed E-state index contributed by atoms with van der Waals surface area (Å²) < 4.78 is 60.3. The van der Waals surface area contributed by atoms with E-state index in [1.165, 1.54) is 4.31 Å². The molecule has 0 aromatic heterocycles. The molecule has 8 nitrogen and oxygen atoms in total. The Morgan fingerprint density at radius 3 is 2.11 bits per heavy atom. The second kappa shape index (κ2) is 13.7. The SMILES string of the molecule is O=C(CN(CCCc1ccccc1)S(=O)(=O)c1ccc(Br)cc1)N1CCNCC1.O=C(O)C(F)(F)F. The van der Waals surface area contributed by atoms with Gasteiger partial charge >= 0.3 is 12.1 Å². The average molecular weight is 594 g/mol. The molecule has 2 N–H and O–H groups in total. The summed E-state index contributed by atoms with van der Waals surface area (Å²) in [4.78, 5) is 23.6. The molecule has 198 valence electrons. The predicted octanol–water partition coefficient (Wildman–Crippen LogP) is 3.14. The van der Waals surface area contributed by atoms with Crippen molar-refractivity contribution in [1.29, 1.82) is 0 Å². The molecule has 1 saturated heterocycles. The van der Waals surface area contributed by atoms with Crippen molar-refractivity contribution in [3.8, 4) is 0 Å². The molecular weight excluding hydrogens is 567 g/mol. The van der Waals surface area contributed by atoms with Crippen LogP contribution in [0.25, 0.3) is 0 Å². The Bertz CT molecular complexity index is 1090. The Hall–Kier alpha value is -2.48. The van der Waals surface area contributed by atoms with Crippen LogP contribution in [0, 0.1) is 0 Å². The van der Waals surface area contributed by atoms with Crippen LogP contribution in [0.2, 0.25) is 0 Å². The lowest BCUT2D eigenvalue weighted by Crippen LogP contribution is -2.50. The van der Waals surface area contributed by atoms with Crippen LogP contribution in [0.1, 0.15) is 12.0 Å². The molecule has 3 rings (SSSR count). The molecule has 0 atom stereocenters. The molecular formula is C23H27BrF3N3O5S. The molecule has 0 saturated carbocycles. The van der Waals surface area contributed by atoms with Gasteiger partial charge in [-0.3, -0.25) is 4.79 Å². The van der Waals surface area contributed by atoms with E-state index in [1.54, 1.807) is 29.2 Å². The van der Waals surface area contributed by atoms with Crippen molar-refractivity contribution in [2.24, 2.45) is 0 Å². The van der Waals surface area contributed by atoms with Crippen LogP contribution in [-0.4, -0.2) is 80.1 Å². The lowest BCUT2D eigenvalue weighted by atomic mass is 10.1. The third-order valence-electron chi connectivity index (χ3n) is 5.19. The summed E-state index contributed by atoms with van der Waals surface area (Å²) in [6, 6.07) is 16.5. The first-order chi connectivity index (χ1) is 16.9. The van der Waals surface area contributed by atoms with Gasteiger partial charge in [0, 0.05) is 37.2 Å². The molecule has 1 heterocycles. The number of aliphatic carboxylic acids is 1. The third-order valence-corrected chi connectivity index (χ3v) is 7.58. The summed E-state index contributed by atoms with van der Waals surface area (Å²) in [5, 5.41) is 10.3.